The topological polar surface area (TPSA) is 133 Å². The van der Waals surface area contributed by atoms with Gasteiger partial charge in [-0.25, -0.2) is 4.39 Å². The van der Waals surface area contributed by atoms with Crippen LogP contribution in [-0.2, 0) is 16.1 Å². The van der Waals surface area contributed by atoms with Gasteiger partial charge in [-0.05, 0) is 44.0 Å². The first kappa shape index (κ1) is 25.5. The number of nitrogens with two attached hydrogens (primary N) is 1. The summed E-state index contributed by atoms with van der Waals surface area (Å²) in [6, 6.07) is 8.33. The third-order valence-electron chi connectivity index (χ3n) is 7.32. The first-order valence-corrected chi connectivity index (χ1v) is 12.1. The van der Waals surface area contributed by atoms with E-state index in [1.807, 2.05) is 0 Å². The standard InChI is InChI=1S/C27H28FN3O7/c1-27(26(34)30-12-15-4-6-16(28)9-20(15)36-3)13-37-22-19-7-5-14(24(29)32)8-21(19)38-23(22)25(33)31(27)17-10-18(11-17)35-2/h4-9,17-18H,10-13H2,1-3H3,(H2,29,32)(H,30,34)/t17-,18+,27?. The van der Waals surface area contributed by atoms with E-state index in [2.05, 4.69) is 5.32 Å². The molecule has 1 aromatic heterocycles. The lowest BCUT2D eigenvalue weighted by Gasteiger charge is -2.48. The van der Waals surface area contributed by atoms with E-state index < -0.39 is 29.1 Å². The normalized spacial score (nSPS) is 22.7. The molecule has 11 heteroatoms. The molecule has 3 aromatic rings. The predicted octanol–water partition coefficient (Wildman–Crippen LogP) is 2.77. The Morgan fingerprint density at radius 3 is 2.66 bits per heavy atom. The number of benzene rings is 2. The lowest BCUT2D eigenvalue weighted by Crippen LogP contribution is -2.66. The first-order valence-electron chi connectivity index (χ1n) is 12.1. The third-order valence-corrected chi connectivity index (χ3v) is 7.32. The largest absolute Gasteiger partial charge is 0.496 e. The molecule has 3 amide bonds. The van der Waals surface area contributed by atoms with Gasteiger partial charge in [0.25, 0.3) is 5.91 Å². The highest BCUT2D eigenvalue weighted by Crippen LogP contribution is 2.42. The molecule has 0 spiro atoms. The maximum Gasteiger partial charge on any atom is 0.294 e. The van der Waals surface area contributed by atoms with Crippen molar-refractivity contribution in [1.29, 1.82) is 0 Å². The van der Waals surface area contributed by atoms with Crippen LogP contribution in [0, 0.1) is 5.82 Å². The molecule has 38 heavy (non-hydrogen) atoms. The van der Waals surface area contributed by atoms with E-state index in [0.717, 1.165) is 0 Å². The van der Waals surface area contributed by atoms with E-state index >= 15 is 0 Å². The van der Waals surface area contributed by atoms with Crippen molar-refractivity contribution in [1.82, 2.24) is 10.2 Å². The molecule has 0 saturated heterocycles. The number of nitrogens with one attached hydrogen (secondary N) is 1. The maximum atomic E-state index is 14.0. The number of rotatable bonds is 7. The summed E-state index contributed by atoms with van der Waals surface area (Å²) in [4.78, 5) is 40.8. The molecule has 2 aromatic carbocycles. The predicted molar refractivity (Wildman–Crippen MR) is 133 cm³/mol. The van der Waals surface area contributed by atoms with Gasteiger partial charge in [0, 0.05) is 36.9 Å². The Kier molecular flexibility index (Phi) is 6.47. The fraction of sp³-hybridized carbons (Fsp3) is 0.370. The van der Waals surface area contributed by atoms with Crippen molar-refractivity contribution < 1.29 is 37.4 Å². The highest BCUT2D eigenvalue weighted by atomic mass is 19.1. The van der Waals surface area contributed by atoms with Gasteiger partial charge < -0.3 is 34.6 Å². The number of carbonyl (C=O) groups excluding carboxylic acids is 3. The summed E-state index contributed by atoms with van der Waals surface area (Å²) in [5.41, 5.74) is 5.06. The number of nitrogens with zero attached hydrogens (tertiary/aromatic N) is 1. The minimum absolute atomic E-state index is 0.0407. The lowest BCUT2D eigenvalue weighted by atomic mass is 9.83. The second-order valence-corrected chi connectivity index (χ2v) is 9.69. The van der Waals surface area contributed by atoms with Crippen LogP contribution >= 0.6 is 0 Å². The molecular formula is C27H28FN3O7. The van der Waals surface area contributed by atoms with Gasteiger partial charge in [0.1, 0.15) is 23.8 Å². The number of carbonyl (C=O) groups is 3. The summed E-state index contributed by atoms with van der Waals surface area (Å²) in [5.74, 6) is -1.61. The van der Waals surface area contributed by atoms with Gasteiger partial charge in [-0.3, -0.25) is 14.4 Å². The van der Waals surface area contributed by atoms with Gasteiger partial charge in [0.15, 0.2) is 11.3 Å². The van der Waals surface area contributed by atoms with Crippen LogP contribution < -0.4 is 20.5 Å². The molecule has 1 atom stereocenters. The highest BCUT2D eigenvalue weighted by Gasteiger charge is 2.53. The molecule has 2 aliphatic rings. The third kappa shape index (κ3) is 4.22. The number of methoxy groups -OCH3 is 2. The van der Waals surface area contributed by atoms with Gasteiger partial charge in [0.2, 0.25) is 17.6 Å². The lowest BCUT2D eigenvalue weighted by molar-refractivity contribution is -0.138. The average Bonchev–Trinajstić information content (AvgIpc) is 3.20. The number of hydrogen-bond acceptors (Lipinski definition) is 7. The van der Waals surface area contributed by atoms with Crippen molar-refractivity contribution in [2.75, 3.05) is 20.8 Å². The van der Waals surface area contributed by atoms with E-state index in [-0.39, 0.29) is 48.0 Å². The van der Waals surface area contributed by atoms with Crippen LogP contribution in [0.4, 0.5) is 4.39 Å². The Bertz CT molecular complexity index is 1430. The maximum absolute atomic E-state index is 14.0. The summed E-state index contributed by atoms with van der Waals surface area (Å²) in [5, 5.41) is 3.35. The van der Waals surface area contributed by atoms with Crippen LogP contribution in [0.25, 0.3) is 11.0 Å². The molecule has 0 radical (unpaired) electrons. The van der Waals surface area contributed by atoms with E-state index in [9.17, 15) is 18.8 Å². The van der Waals surface area contributed by atoms with Crippen molar-refractivity contribution in [3.05, 3.63) is 59.1 Å². The van der Waals surface area contributed by atoms with Crippen LogP contribution in [0.3, 0.4) is 0 Å². The number of halogens is 1. The number of ether oxygens (including phenoxy) is 3. The van der Waals surface area contributed by atoms with Crippen molar-refractivity contribution in [3.8, 4) is 11.5 Å². The Morgan fingerprint density at radius 1 is 1.21 bits per heavy atom. The monoisotopic (exact) mass is 525 g/mol. The zero-order chi connectivity index (χ0) is 27.2. The number of hydrogen-bond donors (Lipinski definition) is 2. The first-order chi connectivity index (χ1) is 18.2. The number of fused-ring (bicyclic) bond motifs is 3. The molecule has 1 saturated carbocycles. The zero-order valence-electron chi connectivity index (χ0n) is 21.2. The van der Waals surface area contributed by atoms with E-state index in [0.29, 0.717) is 29.5 Å². The SMILES string of the molecule is COc1cc(F)ccc1CNC(=O)C1(C)COc2c(oc3cc(C(N)=O)ccc23)C(=O)N1[C@H]1C[C@@H](OC)C1. The molecule has 1 fully saturated rings. The van der Waals surface area contributed by atoms with Crippen molar-refractivity contribution in [2.45, 2.75) is 44.0 Å². The van der Waals surface area contributed by atoms with Gasteiger partial charge in [-0.2, -0.15) is 0 Å². The van der Waals surface area contributed by atoms with Crippen LogP contribution in [0.15, 0.2) is 40.8 Å². The Labute approximate surface area is 217 Å². The molecule has 0 bridgehead atoms. The van der Waals surface area contributed by atoms with Crippen molar-refractivity contribution in [2.24, 2.45) is 5.73 Å². The van der Waals surface area contributed by atoms with Crippen molar-refractivity contribution in [3.63, 3.8) is 0 Å². The van der Waals surface area contributed by atoms with Crippen LogP contribution in [-0.4, -0.2) is 61.1 Å². The van der Waals surface area contributed by atoms with Crippen molar-refractivity contribution >= 4 is 28.7 Å². The molecule has 3 N–H and O–H groups in total. The molecule has 1 unspecified atom stereocenters. The minimum Gasteiger partial charge on any atom is -0.496 e. The number of amides is 3. The molecule has 200 valence electrons. The van der Waals surface area contributed by atoms with Gasteiger partial charge in [0.05, 0.1) is 18.6 Å². The van der Waals surface area contributed by atoms with E-state index in [1.54, 1.807) is 20.1 Å². The van der Waals surface area contributed by atoms with Crippen LogP contribution in [0.1, 0.15) is 46.2 Å². The number of primary amides is 1. The molecule has 2 heterocycles. The molecule has 5 rings (SSSR count). The van der Waals surface area contributed by atoms with Crippen LogP contribution in [0.2, 0.25) is 0 Å². The quantitative estimate of drug-likeness (QED) is 0.485. The molecule has 1 aliphatic heterocycles. The Hall–Kier alpha value is -4.12. The smallest absolute Gasteiger partial charge is 0.294 e. The second kappa shape index (κ2) is 9.64. The van der Waals surface area contributed by atoms with Gasteiger partial charge >= 0.3 is 0 Å². The molecular weight excluding hydrogens is 497 g/mol. The summed E-state index contributed by atoms with van der Waals surface area (Å²) >= 11 is 0. The Morgan fingerprint density at radius 2 is 1.97 bits per heavy atom. The minimum atomic E-state index is -1.41. The summed E-state index contributed by atoms with van der Waals surface area (Å²) < 4.78 is 36.2. The Balaban J connectivity index is 1.48. The van der Waals surface area contributed by atoms with Gasteiger partial charge in [-0.1, -0.05) is 6.07 Å². The van der Waals surface area contributed by atoms with Gasteiger partial charge in [-0.15, -0.1) is 0 Å². The second-order valence-electron chi connectivity index (χ2n) is 9.69. The highest BCUT2D eigenvalue weighted by molar-refractivity contribution is 6.06. The zero-order valence-corrected chi connectivity index (χ0v) is 21.2. The average molecular weight is 526 g/mol. The summed E-state index contributed by atoms with van der Waals surface area (Å²) in [7, 11) is 3.02. The fourth-order valence-electron chi connectivity index (χ4n) is 5.04. The summed E-state index contributed by atoms with van der Waals surface area (Å²) in [6.45, 7) is 1.54. The van der Waals surface area contributed by atoms with Crippen LogP contribution in [0.5, 0.6) is 11.5 Å². The fourth-order valence-corrected chi connectivity index (χ4v) is 5.04. The summed E-state index contributed by atoms with van der Waals surface area (Å²) in [6.07, 6.45) is 1.04. The van der Waals surface area contributed by atoms with E-state index in [4.69, 9.17) is 24.4 Å². The number of furan rings is 1. The molecule has 1 aliphatic carbocycles. The molecule has 10 nitrogen and oxygen atoms in total. The van der Waals surface area contributed by atoms with E-state index in [1.165, 1.54) is 42.3 Å².